The summed E-state index contributed by atoms with van der Waals surface area (Å²) in [7, 11) is 1.57. The summed E-state index contributed by atoms with van der Waals surface area (Å²) >= 11 is 0. The Labute approximate surface area is 210 Å². The Hall–Kier alpha value is -4.07. The maximum Gasteiger partial charge on any atom is 0.303 e. The van der Waals surface area contributed by atoms with E-state index in [1.54, 1.807) is 25.4 Å². The number of hydrogen-bond donors (Lipinski definition) is 2. The van der Waals surface area contributed by atoms with Gasteiger partial charge in [0.25, 0.3) is 5.91 Å². The third-order valence-corrected chi connectivity index (χ3v) is 7.11. The number of imidazole rings is 1. The fraction of sp³-hybridized carbons (Fsp3) is 0.321. The summed E-state index contributed by atoms with van der Waals surface area (Å²) in [5, 5.41) is 11.9. The number of methoxy groups -OCH3 is 1. The number of benzene rings is 2. The van der Waals surface area contributed by atoms with Gasteiger partial charge in [0.05, 0.1) is 12.8 Å². The molecule has 1 saturated carbocycles. The van der Waals surface area contributed by atoms with E-state index < -0.39 is 5.97 Å². The van der Waals surface area contributed by atoms with Crippen molar-refractivity contribution in [3.8, 4) is 5.75 Å². The first-order valence-electron chi connectivity index (χ1n) is 12.3. The lowest BCUT2D eigenvalue weighted by Gasteiger charge is -2.29. The van der Waals surface area contributed by atoms with E-state index in [-0.39, 0.29) is 12.3 Å². The number of aromatic nitrogens is 2. The van der Waals surface area contributed by atoms with Crippen LogP contribution < -0.4 is 15.0 Å². The van der Waals surface area contributed by atoms with E-state index in [4.69, 9.17) is 9.84 Å². The second kappa shape index (κ2) is 10.3. The normalized spacial score (nSPS) is 19.0. The Morgan fingerprint density at radius 3 is 2.56 bits per heavy atom. The van der Waals surface area contributed by atoms with Gasteiger partial charge in [-0.25, -0.2) is 4.98 Å². The fourth-order valence-corrected chi connectivity index (χ4v) is 5.14. The molecular weight excluding hydrogens is 456 g/mol. The lowest BCUT2D eigenvalue weighted by molar-refractivity contribution is -0.138. The standard InChI is InChI=1S/C28H30N4O4/c1-36-25-5-3-2-4-23(25)30-28(35)24-17-32-18-31(15-14-26(32)29-24)22-12-10-21(11-13-22)20-8-6-19(7-9-20)16-27(33)34/h2-5,10-15,17,19-20H,6-9,16,18H2,1H3,(H,30,35)(H,33,34). The molecule has 1 fully saturated rings. The molecule has 1 amide bonds. The van der Waals surface area contributed by atoms with Gasteiger partial charge in [-0.2, -0.15) is 0 Å². The fourth-order valence-electron chi connectivity index (χ4n) is 5.14. The molecule has 2 N–H and O–H groups in total. The molecule has 0 spiro atoms. The van der Waals surface area contributed by atoms with Crippen LogP contribution in [0.15, 0.2) is 60.9 Å². The van der Waals surface area contributed by atoms with Crippen molar-refractivity contribution in [2.75, 3.05) is 17.3 Å². The van der Waals surface area contributed by atoms with Crippen LogP contribution in [-0.4, -0.2) is 33.6 Å². The number of hydrogen-bond acceptors (Lipinski definition) is 5. The topological polar surface area (TPSA) is 96.7 Å². The van der Waals surface area contributed by atoms with E-state index in [1.807, 2.05) is 29.0 Å². The molecule has 5 rings (SSSR count). The van der Waals surface area contributed by atoms with E-state index in [0.29, 0.717) is 35.6 Å². The van der Waals surface area contributed by atoms with Crippen LogP contribution in [-0.2, 0) is 11.5 Å². The van der Waals surface area contributed by atoms with Crippen molar-refractivity contribution in [1.82, 2.24) is 9.55 Å². The SMILES string of the molecule is COc1ccccc1NC(=O)c1cn2c(n1)C=CN(c1ccc(C3CCC(CC(=O)O)CC3)cc1)C2. The first kappa shape index (κ1) is 23.7. The third kappa shape index (κ3) is 5.12. The van der Waals surface area contributed by atoms with Crippen molar-refractivity contribution in [1.29, 1.82) is 0 Å². The van der Waals surface area contributed by atoms with Crippen molar-refractivity contribution in [3.05, 3.63) is 78.0 Å². The second-order valence-electron chi connectivity index (χ2n) is 9.44. The van der Waals surface area contributed by atoms with Crippen LogP contribution >= 0.6 is 0 Å². The molecule has 0 bridgehead atoms. The van der Waals surface area contributed by atoms with Gasteiger partial charge < -0.3 is 24.6 Å². The minimum atomic E-state index is -0.692. The third-order valence-electron chi connectivity index (χ3n) is 7.11. The van der Waals surface area contributed by atoms with Crippen LogP contribution in [0.4, 0.5) is 11.4 Å². The summed E-state index contributed by atoms with van der Waals surface area (Å²) in [5.41, 5.74) is 3.32. The molecule has 2 aromatic carbocycles. The molecule has 36 heavy (non-hydrogen) atoms. The van der Waals surface area contributed by atoms with Gasteiger partial charge in [0.2, 0.25) is 0 Å². The Bertz CT molecular complexity index is 1270. The largest absolute Gasteiger partial charge is 0.495 e. The van der Waals surface area contributed by atoms with E-state index in [9.17, 15) is 9.59 Å². The van der Waals surface area contributed by atoms with Gasteiger partial charge in [0.15, 0.2) is 0 Å². The summed E-state index contributed by atoms with van der Waals surface area (Å²) < 4.78 is 7.27. The van der Waals surface area contributed by atoms with Crippen LogP contribution in [0.2, 0.25) is 0 Å². The summed E-state index contributed by atoms with van der Waals surface area (Å²) in [6.07, 6.45) is 9.97. The average Bonchev–Trinajstić information content (AvgIpc) is 3.33. The number of aliphatic carboxylic acids is 1. The Balaban J connectivity index is 1.21. The molecule has 186 valence electrons. The molecule has 0 saturated heterocycles. The van der Waals surface area contributed by atoms with Gasteiger partial charge in [-0.15, -0.1) is 0 Å². The number of carbonyl (C=O) groups excluding carboxylic acids is 1. The van der Waals surface area contributed by atoms with E-state index in [0.717, 1.165) is 37.2 Å². The van der Waals surface area contributed by atoms with Crippen molar-refractivity contribution < 1.29 is 19.4 Å². The zero-order chi connectivity index (χ0) is 25.1. The van der Waals surface area contributed by atoms with E-state index >= 15 is 0 Å². The maximum absolute atomic E-state index is 12.8. The van der Waals surface area contributed by atoms with E-state index in [1.165, 1.54) is 5.56 Å². The zero-order valence-electron chi connectivity index (χ0n) is 20.3. The molecule has 1 aromatic heterocycles. The summed E-state index contributed by atoms with van der Waals surface area (Å²) in [4.78, 5) is 30.4. The first-order chi connectivity index (χ1) is 17.5. The molecule has 0 unspecified atom stereocenters. The zero-order valence-corrected chi connectivity index (χ0v) is 20.3. The van der Waals surface area contributed by atoms with Crippen LogP contribution in [0, 0.1) is 5.92 Å². The van der Waals surface area contributed by atoms with Crippen LogP contribution in [0.1, 0.15) is 59.9 Å². The highest BCUT2D eigenvalue weighted by atomic mass is 16.5. The molecular formula is C28H30N4O4. The van der Waals surface area contributed by atoms with Crippen LogP contribution in [0.5, 0.6) is 5.75 Å². The lowest BCUT2D eigenvalue weighted by atomic mass is 9.77. The first-order valence-corrected chi connectivity index (χ1v) is 12.3. The number of rotatable bonds is 7. The van der Waals surface area contributed by atoms with E-state index in [2.05, 4.69) is 39.5 Å². The monoisotopic (exact) mass is 486 g/mol. The van der Waals surface area contributed by atoms with Crippen molar-refractivity contribution in [2.24, 2.45) is 5.92 Å². The number of amides is 1. The maximum atomic E-state index is 12.8. The molecule has 0 radical (unpaired) electrons. The minimum absolute atomic E-state index is 0.285. The minimum Gasteiger partial charge on any atom is -0.495 e. The number of ether oxygens (including phenoxy) is 1. The molecule has 0 atom stereocenters. The Kier molecular flexibility index (Phi) is 6.75. The van der Waals surface area contributed by atoms with Crippen LogP contribution in [0.25, 0.3) is 6.08 Å². The number of nitrogens with zero attached hydrogens (tertiary/aromatic N) is 3. The van der Waals surface area contributed by atoms with Crippen molar-refractivity contribution in [2.45, 2.75) is 44.7 Å². The number of nitrogens with one attached hydrogen (secondary N) is 1. The van der Waals surface area contributed by atoms with Gasteiger partial charge in [-0.05, 0) is 73.4 Å². The Morgan fingerprint density at radius 2 is 1.83 bits per heavy atom. The predicted octanol–water partition coefficient (Wildman–Crippen LogP) is 5.34. The van der Waals surface area contributed by atoms with Gasteiger partial charge in [0, 0.05) is 24.5 Å². The summed E-state index contributed by atoms with van der Waals surface area (Å²) in [5.74, 6) is 1.14. The molecule has 8 nitrogen and oxygen atoms in total. The number of fused-ring (bicyclic) bond motifs is 1. The number of carboxylic acid groups (broad SMARTS) is 1. The Morgan fingerprint density at radius 1 is 1.08 bits per heavy atom. The van der Waals surface area contributed by atoms with Crippen molar-refractivity contribution in [3.63, 3.8) is 0 Å². The average molecular weight is 487 g/mol. The van der Waals surface area contributed by atoms with Gasteiger partial charge in [0.1, 0.15) is 23.9 Å². The molecule has 1 aliphatic heterocycles. The lowest BCUT2D eigenvalue weighted by Crippen LogP contribution is -2.23. The smallest absolute Gasteiger partial charge is 0.303 e. The second-order valence-corrected chi connectivity index (χ2v) is 9.44. The quantitative estimate of drug-likeness (QED) is 0.468. The van der Waals surface area contributed by atoms with Gasteiger partial charge in [-0.1, -0.05) is 24.3 Å². The summed E-state index contributed by atoms with van der Waals surface area (Å²) in [6, 6.07) is 15.9. The summed E-state index contributed by atoms with van der Waals surface area (Å²) in [6.45, 7) is 0.556. The molecule has 2 aliphatic rings. The van der Waals surface area contributed by atoms with Crippen molar-refractivity contribution >= 4 is 29.3 Å². The molecule has 8 heteroatoms. The highest BCUT2D eigenvalue weighted by molar-refractivity contribution is 6.03. The van der Waals surface area contributed by atoms with Crippen LogP contribution in [0.3, 0.4) is 0 Å². The van der Waals surface area contributed by atoms with Gasteiger partial charge in [-0.3, -0.25) is 9.59 Å². The highest BCUT2D eigenvalue weighted by Crippen LogP contribution is 2.37. The van der Waals surface area contributed by atoms with Gasteiger partial charge >= 0.3 is 5.97 Å². The number of carbonyl (C=O) groups is 2. The molecule has 1 aliphatic carbocycles. The number of carboxylic acids is 1. The molecule has 2 heterocycles. The molecule has 3 aromatic rings. The predicted molar refractivity (Wildman–Crippen MR) is 138 cm³/mol. The number of para-hydroxylation sites is 2. The number of anilines is 2. The highest BCUT2D eigenvalue weighted by Gasteiger charge is 2.24.